The van der Waals surface area contributed by atoms with Crippen LogP contribution in [0.2, 0.25) is 0 Å². The lowest BCUT2D eigenvalue weighted by atomic mass is 10.0. The van der Waals surface area contributed by atoms with Gasteiger partial charge >= 0.3 is 0 Å². The molecule has 4 N–H and O–H groups in total. The van der Waals surface area contributed by atoms with Gasteiger partial charge in [0, 0.05) is 32.2 Å². The Morgan fingerprint density at radius 2 is 1.71 bits per heavy atom. The molecule has 0 bridgehead atoms. The van der Waals surface area contributed by atoms with Gasteiger partial charge in [-0.05, 0) is 61.1 Å². The zero-order valence-corrected chi connectivity index (χ0v) is 19.5. The Morgan fingerprint density at radius 3 is 2.32 bits per heavy atom. The van der Waals surface area contributed by atoms with Gasteiger partial charge in [-0.2, -0.15) is 0 Å². The smallest absolute Gasteiger partial charge is 0.257 e. The Hall–Kier alpha value is -2.50. The topological polar surface area (TPSA) is 130 Å². The van der Waals surface area contributed by atoms with E-state index < -0.39 is 21.9 Å². The fraction of sp³-hybridized carbons (Fsp3) is 0.458. The summed E-state index contributed by atoms with van der Waals surface area (Å²) in [5, 5.41) is 31.0. The van der Waals surface area contributed by atoms with Crippen molar-refractivity contribution >= 4 is 15.9 Å². The Kier molecular flexibility index (Phi) is 5.89. The molecule has 34 heavy (non-hydrogen) atoms. The molecule has 1 aliphatic heterocycles. The number of carbonyl (C=O) groups excluding carboxylic acids is 1. The van der Waals surface area contributed by atoms with E-state index in [1.54, 1.807) is 40.1 Å². The van der Waals surface area contributed by atoms with E-state index in [1.165, 1.54) is 12.1 Å². The van der Waals surface area contributed by atoms with Crippen molar-refractivity contribution in [1.29, 1.82) is 0 Å². The lowest BCUT2D eigenvalue weighted by Crippen LogP contribution is -2.55. The number of nitrogens with zero attached hydrogens (tertiary/aromatic N) is 2. The van der Waals surface area contributed by atoms with Crippen molar-refractivity contribution in [3.63, 3.8) is 0 Å². The number of piperazine rings is 1. The molecule has 0 aromatic heterocycles. The van der Waals surface area contributed by atoms with E-state index in [1.807, 2.05) is 0 Å². The minimum absolute atomic E-state index is 0.00610. The minimum atomic E-state index is -3.60. The Bertz CT molecular complexity index is 1200. The van der Waals surface area contributed by atoms with Crippen molar-refractivity contribution in [3.8, 4) is 16.9 Å². The molecule has 1 heterocycles. The van der Waals surface area contributed by atoms with Gasteiger partial charge in [0.15, 0.2) is 0 Å². The van der Waals surface area contributed by atoms with Crippen LogP contribution in [0.4, 0.5) is 0 Å². The maximum Gasteiger partial charge on any atom is 0.257 e. The monoisotopic (exact) mass is 487 g/mol. The summed E-state index contributed by atoms with van der Waals surface area (Å²) in [4.78, 5) is 16.5. The van der Waals surface area contributed by atoms with Crippen molar-refractivity contribution in [2.24, 2.45) is 0 Å². The van der Waals surface area contributed by atoms with Crippen molar-refractivity contribution < 1.29 is 28.5 Å². The fourth-order valence-corrected chi connectivity index (χ4v) is 5.64. The van der Waals surface area contributed by atoms with Crippen LogP contribution in [0.3, 0.4) is 0 Å². The summed E-state index contributed by atoms with van der Waals surface area (Å²) in [6.07, 6.45) is 1.94. The summed E-state index contributed by atoms with van der Waals surface area (Å²) in [5.74, 6) is -0.491. The lowest BCUT2D eigenvalue weighted by Gasteiger charge is -2.38. The second-order valence-corrected chi connectivity index (χ2v) is 11.2. The maximum atomic E-state index is 13.0. The molecule has 1 atom stereocenters. The van der Waals surface area contributed by atoms with Crippen LogP contribution in [0, 0.1) is 0 Å². The molecule has 2 aliphatic carbocycles. The van der Waals surface area contributed by atoms with Crippen LogP contribution in [0.5, 0.6) is 5.75 Å². The highest BCUT2D eigenvalue weighted by Gasteiger charge is 2.50. The second-order valence-electron chi connectivity index (χ2n) is 9.46. The quantitative estimate of drug-likeness (QED) is 0.460. The van der Waals surface area contributed by atoms with Gasteiger partial charge in [-0.1, -0.05) is 18.2 Å². The highest BCUT2D eigenvalue weighted by Crippen LogP contribution is 2.40. The summed E-state index contributed by atoms with van der Waals surface area (Å²) in [5.41, 5.74) is 0.361. The number of aliphatic hydroxyl groups is 2. The van der Waals surface area contributed by atoms with Gasteiger partial charge in [0.25, 0.3) is 5.91 Å². The fourth-order valence-electron chi connectivity index (χ4n) is 4.29. The summed E-state index contributed by atoms with van der Waals surface area (Å²) in [7, 11) is -3.60. The number of benzene rings is 2. The van der Waals surface area contributed by atoms with Crippen LogP contribution in [-0.2, 0) is 10.0 Å². The average Bonchev–Trinajstić information content (AvgIpc) is 3.77. The summed E-state index contributed by atoms with van der Waals surface area (Å²) in [6.45, 7) is 1.62. The molecule has 9 nitrogen and oxygen atoms in total. The normalized spacial score (nSPS) is 21.3. The molecule has 2 aromatic carbocycles. The third-order valence-corrected chi connectivity index (χ3v) is 8.31. The Balaban J connectivity index is 1.28. The van der Waals surface area contributed by atoms with E-state index >= 15 is 0 Å². The first kappa shape index (κ1) is 23.3. The molecule has 5 rings (SSSR count). The predicted molar refractivity (Wildman–Crippen MR) is 125 cm³/mol. The molecule has 3 aliphatic rings. The standard InChI is InChI=1S/C24H29N3O6S/c28-21-15-17(16-2-1-3-19(14-16)34(32,33)25-18-5-6-18)4-7-20(21)22(29)26-10-12-27(13-11-26)23(30)24(31)8-9-24/h1-4,7,14-15,18,23,25,28,30-31H,5-6,8-13H2. The number of sulfonamides is 1. The van der Waals surface area contributed by atoms with Crippen molar-refractivity contribution in [2.45, 2.75) is 48.4 Å². The predicted octanol–water partition coefficient (Wildman–Crippen LogP) is 1.10. The molecule has 1 amide bonds. The van der Waals surface area contributed by atoms with Gasteiger partial charge in [0.05, 0.1) is 10.5 Å². The van der Waals surface area contributed by atoms with Gasteiger partial charge in [-0.25, -0.2) is 13.1 Å². The van der Waals surface area contributed by atoms with Crippen LogP contribution < -0.4 is 4.72 Å². The molecule has 1 unspecified atom stereocenters. The maximum absolute atomic E-state index is 13.0. The van der Waals surface area contributed by atoms with Crippen molar-refractivity contribution in [1.82, 2.24) is 14.5 Å². The zero-order chi connectivity index (χ0) is 24.1. The number of hydrogen-bond acceptors (Lipinski definition) is 7. The third-order valence-electron chi connectivity index (χ3n) is 6.80. The lowest BCUT2D eigenvalue weighted by molar-refractivity contribution is -0.108. The Morgan fingerprint density at radius 1 is 1.03 bits per heavy atom. The SMILES string of the molecule is O=C(c1ccc(-c2cccc(S(=O)(=O)NC3CC3)c2)cc1O)N1CCN(C(O)C2(O)CC2)CC1. The Labute approximate surface area is 198 Å². The van der Waals surface area contributed by atoms with Gasteiger partial charge in [0.2, 0.25) is 10.0 Å². The largest absolute Gasteiger partial charge is 0.507 e. The number of phenolic OH excluding ortho intramolecular Hbond substituents is 1. The number of aliphatic hydroxyl groups excluding tert-OH is 1. The molecule has 0 spiro atoms. The van der Waals surface area contributed by atoms with Gasteiger partial charge in [0.1, 0.15) is 17.6 Å². The molecule has 1 saturated heterocycles. The molecular formula is C24H29N3O6S. The molecule has 3 fully saturated rings. The van der Waals surface area contributed by atoms with Gasteiger partial charge in [-0.3, -0.25) is 9.69 Å². The number of hydrogen-bond donors (Lipinski definition) is 4. The summed E-state index contributed by atoms with van der Waals surface area (Å²) >= 11 is 0. The van der Waals surface area contributed by atoms with E-state index in [2.05, 4.69) is 4.72 Å². The summed E-state index contributed by atoms with van der Waals surface area (Å²) in [6, 6.07) is 11.2. The zero-order valence-electron chi connectivity index (χ0n) is 18.7. The number of rotatable bonds is 7. The molecule has 10 heteroatoms. The second kappa shape index (κ2) is 8.62. The van der Waals surface area contributed by atoms with E-state index in [-0.39, 0.29) is 28.2 Å². The minimum Gasteiger partial charge on any atom is -0.507 e. The number of aromatic hydroxyl groups is 1. The highest BCUT2D eigenvalue weighted by molar-refractivity contribution is 7.89. The highest BCUT2D eigenvalue weighted by atomic mass is 32.2. The number of carbonyl (C=O) groups is 1. The van der Waals surface area contributed by atoms with Crippen LogP contribution >= 0.6 is 0 Å². The third kappa shape index (κ3) is 4.69. The van der Waals surface area contributed by atoms with E-state index in [0.717, 1.165) is 12.8 Å². The van der Waals surface area contributed by atoms with Crippen LogP contribution in [0.25, 0.3) is 11.1 Å². The van der Waals surface area contributed by atoms with Crippen LogP contribution in [0.1, 0.15) is 36.0 Å². The van der Waals surface area contributed by atoms with Gasteiger partial charge in [-0.15, -0.1) is 0 Å². The average molecular weight is 488 g/mol. The van der Waals surface area contributed by atoms with Crippen molar-refractivity contribution in [2.75, 3.05) is 26.2 Å². The number of nitrogens with one attached hydrogen (secondary N) is 1. The molecule has 182 valence electrons. The molecular weight excluding hydrogens is 458 g/mol. The van der Waals surface area contributed by atoms with Gasteiger partial charge < -0.3 is 20.2 Å². The number of amides is 1. The first-order chi connectivity index (χ1) is 16.2. The van der Waals surface area contributed by atoms with E-state index in [9.17, 15) is 28.5 Å². The first-order valence-corrected chi connectivity index (χ1v) is 13.0. The first-order valence-electron chi connectivity index (χ1n) is 11.6. The molecule has 0 radical (unpaired) electrons. The molecule has 2 aromatic rings. The van der Waals surface area contributed by atoms with Crippen LogP contribution in [-0.4, -0.2) is 83.5 Å². The molecule has 2 saturated carbocycles. The summed E-state index contributed by atoms with van der Waals surface area (Å²) < 4.78 is 27.7. The van der Waals surface area contributed by atoms with Crippen molar-refractivity contribution in [3.05, 3.63) is 48.0 Å². The van der Waals surface area contributed by atoms with E-state index in [0.29, 0.717) is 50.1 Å². The number of phenols is 1. The van der Waals surface area contributed by atoms with Crippen LogP contribution in [0.15, 0.2) is 47.4 Å². The van der Waals surface area contributed by atoms with E-state index in [4.69, 9.17) is 0 Å².